The molecule has 18 heavy (non-hydrogen) atoms. The number of nitrogens with one attached hydrogen (secondary N) is 1. The second-order valence-corrected chi connectivity index (χ2v) is 4.72. The first kappa shape index (κ1) is 12.6. The number of carbonyl (C=O) groups excluding carboxylic acids is 1. The van der Waals surface area contributed by atoms with Crippen LogP contribution in [0.25, 0.3) is 11.0 Å². The second-order valence-electron chi connectivity index (χ2n) is 4.72. The minimum Gasteiger partial charge on any atom is -0.451 e. The minimum absolute atomic E-state index is 0.221. The van der Waals surface area contributed by atoms with Gasteiger partial charge in [0, 0.05) is 17.5 Å². The van der Waals surface area contributed by atoms with Crippen LogP contribution in [0.5, 0.6) is 0 Å². The molecule has 3 N–H and O–H groups in total. The van der Waals surface area contributed by atoms with E-state index in [4.69, 9.17) is 10.2 Å². The third-order valence-electron chi connectivity index (χ3n) is 3.30. The van der Waals surface area contributed by atoms with E-state index in [1.165, 1.54) is 0 Å². The van der Waals surface area contributed by atoms with E-state index in [1.54, 1.807) is 6.07 Å². The zero-order chi connectivity index (χ0) is 13.2. The first-order chi connectivity index (χ1) is 8.58. The van der Waals surface area contributed by atoms with Gasteiger partial charge >= 0.3 is 0 Å². The molecule has 1 heterocycles. The van der Waals surface area contributed by atoms with Crippen molar-refractivity contribution in [3.05, 3.63) is 36.1 Å². The number of rotatable bonds is 4. The van der Waals surface area contributed by atoms with Gasteiger partial charge in [0.25, 0.3) is 5.91 Å². The molecule has 1 atom stereocenters. The lowest BCUT2D eigenvalue weighted by Crippen LogP contribution is -2.50. The largest absolute Gasteiger partial charge is 0.451 e. The maximum atomic E-state index is 12.1. The summed E-state index contributed by atoms with van der Waals surface area (Å²) in [7, 11) is 0. The number of benzene rings is 1. The standard InChI is InChI=1S/C14H18N2O2/c1-3-14(2,9-15)16-13(17)12-8-10-6-4-5-7-11(10)18-12/h4-8H,3,9,15H2,1-2H3,(H,16,17). The third kappa shape index (κ3) is 2.38. The van der Waals surface area contributed by atoms with E-state index in [-0.39, 0.29) is 5.91 Å². The second kappa shape index (κ2) is 4.82. The first-order valence-electron chi connectivity index (χ1n) is 6.09. The molecule has 0 saturated carbocycles. The molecule has 0 spiro atoms. The average Bonchev–Trinajstić information content (AvgIpc) is 2.82. The van der Waals surface area contributed by atoms with Gasteiger partial charge in [0.15, 0.2) is 5.76 Å². The van der Waals surface area contributed by atoms with Crippen LogP contribution in [0.1, 0.15) is 30.8 Å². The quantitative estimate of drug-likeness (QED) is 0.869. The summed E-state index contributed by atoms with van der Waals surface area (Å²) in [6.45, 7) is 4.31. The van der Waals surface area contributed by atoms with Crippen molar-refractivity contribution in [2.75, 3.05) is 6.54 Å². The van der Waals surface area contributed by atoms with Crippen LogP contribution in [0.3, 0.4) is 0 Å². The Hall–Kier alpha value is -1.81. The molecule has 0 radical (unpaired) electrons. The average molecular weight is 246 g/mol. The van der Waals surface area contributed by atoms with Crippen LogP contribution in [0.4, 0.5) is 0 Å². The number of fused-ring (bicyclic) bond motifs is 1. The number of hydrogen-bond acceptors (Lipinski definition) is 3. The number of para-hydroxylation sites is 1. The van der Waals surface area contributed by atoms with Gasteiger partial charge in [-0.05, 0) is 25.5 Å². The summed E-state index contributed by atoms with van der Waals surface area (Å²) in [4.78, 5) is 12.1. The lowest BCUT2D eigenvalue weighted by Gasteiger charge is -2.27. The Morgan fingerprint density at radius 3 is 2.78 bits per heavy atom. The fourth-order valence-electron chi connectivity index (χ4n) is 1.71. The molecule has 1 aromatic carbocycles. The zero-order valence-corrected chi connectivity index (χ0v) is 10.7. The lowest BCUT2D eigenvalue weighted by atomic mass is 9.99. The number of hydrogen-bond donors (Lipinski definition) is 2. The van der Waals surface area contributed by atoms with Crippen LogP contribution in [0.2, 0.25) is 0 Å². The highest BCUT2D eigenvalue weighted by Gasteiger charge is 2.24. The Bertz CT molecular complexity index is 523. The molecule has 4 heteroatoms. The van der Waals surface area contributed by atoms with E-state index in [9.17, 15) is 4.79 Å². The molecule has 0 bridgehead atoms. The number of furan rings is 1. The van der Waals surface area contributed by atoms with Crippen LogP contribution in [0, 0.1) is 0 Å². The van der Waals surface area contributed by atoms with Crippen molar-refractivity contribution in [3.63, 3.8) is 0 Å². The third-order valence-corrected chi connectivity index (χ3v) is 3.30. The van der Waals surface area contributed by atoms with Crippen molar-refractivity contribution in [2.24, 2.45) is 5.73 Å². The minimum atomic E-state index is -0.393. The summed E-state index contributed by atoms with van der Waals surface area (Å²) in [6.07, 6.45) is 0.773. The summed E-state index contributed by atoms with van der Waals surface area (Å²) < 4.78 is 5.51. The first-order valence-corrected chi connectivity index (χ1v) is 6.09. The van der Waals surface area contributed by atoms with Crippen LogP contribution in [-0.4, -0.2) is 18.0 Å². The SMILES string of the molecule is CCC(C)(CN)NC(=O)c1cc2ccccc2o1. The van der Waals surface area contributed by atoms with Crippen molar-refractivity contribution in [3.8, 4) is 0 Å². The summed E-state index contributed by atoms with van der Waals surface area (Å²) in [5, 5.41) is 3.84. The molecule has 0 aliphatic carbocycles. The Morgan fingerprint density at radius 1 is 1.44 bits per heavy atom. The lowest BCUT2D eigenvalue weighted by molar-refractivity contribution is 0.0880. The molecule has 0 aliphatic rings. The van der Waals surface area contributed by atoms with Gasteiger partial charge in [-0.25, -0.2) is 0 Å². The maximum Gasteiger partial charge on any atom is 0.287 e. The molecule has 1 unspecified atom stereocenters. The van der Waals surface area contributed by atoms with Crippen LogP contribution in [0.15, 0.2) is 34.7 Å². The Kier molecular flexibility index (Phi) is 3.39. The van der Waals surface area contributed by atoms with E-state index in [0.717, 1.165) is 11.8 Å². The van der Waals surface area contributed by atoms with Crippen LogP contribution in [-0.2, 0) is 0 Å². The fourth-order valence-corrected chi connectivity index (χ4v) is 1.71. The molecule has 0 fully saturated rings. The molecule has 96 valence electrons. The van der Waals surface area contributed by atoms with E-state index >= 15 is 0 Å². The van der Waals surface area contributed by atoms with E-state index in [1.807, 2.05) is 38.1 Å². The van der Waals surface area contributed by atoms with Gasteiger partial charge in [-0.15, -0.1) is 0 Å². The number of nitrogens with two attached hydrogens (primary N) is 1. The van der Waals surface area contributed by atoms with Crippen molar-refractivity contribution in [1.82, 2.24) is 5.32 Å². The van der Waals surface area contributed by atoms with E-state index < -0.39 is 5.54 Å². The van der Waals surface area contributed by atoms with Crippen molar-refractivity contribution in [1.29, 1.82) is 0 Å². The Labute approximate surface area is 106 Å². The van der Waals surface area contributed by atoms with E-state index in [0.29, 0.717) is 17.9 Å². The van der Waals surface area contributed by atoms with Crippen molar-refractivity contribution >= 4 is 16.9 Å². The van der Waals surface area contributed by atoms with Crippen molar-refractivity contribution in [2.45, 2.75) is 25.8 Å². The van der Waals surface area contributed by atoms with Crippen LogP contribution < -0.4 is 11.1 Å². The topological polar surface area (TPSA) is 68.3 Å². The van der Waals surface area contributed by atoms with Gasteiger partial charge in [0.2, 0.25) is 0 Å². The summed E-state index contributed by atoms with van der Waals surface area (Å²) in [5.41, 5.74) is 6.00. The van der Waals surface area contributed by atoms with Crippen molar-refractivity contribution < 1.29 is 9.21 Å². The van der Waals surface area contributed by atoms with Gasteiger partial charge in [-0.3, -0.25) is 4.79 Å². The summed E-state index contributed by atoms with van der Waals surface area (Å²) in [5.74, 6) is 0.102. The van der Waals surface area contributed by atoms with Gasteiger partial charge in [0.05, 0.1) is 0 Å². The van der Waals surface area contributed by atoms with E-state index in [2.05, 4.69) is 5.32 Å². The molecule has 1 amide bonds. The fraction of sp³-hybridized carbons (Fsp3) is 0.357. The number of carbonyl (C=O) groups is 1. The molecule has 0 saturated heterocycles. The Balaban J connectivity index is 2.23. The molecule has 0 aliphatic heterocycles. The Morgan fingerprint density at radius 2 is 2.17 bits per heavy atom. The molecular weight excluding hydrogens is 228 g/mol. The maximum absolute atomic E-state index is 12.1. The monoisotopic (exact) mass is 246 g/mol. The summed E-state index contributed by atoms with van der Waals surface area (Å²) in [6, 6.07) is 9.29. The highest BCUT2D eigenvalue weighted by Crippen LogP contribution is 2.19. The molecular formula is C14H18N2O2. The predicted octanol–water partition coefficient (Wildman–Crippen LogP) is 2.29. The smallest absolute Gasteiger partial charge is 0.287 e. The van der Waals surface area contributed by atoms with Gasteiger partial charge < -0.3 is 15.5 Å². The predicted molar refractivity (Wildman–Crippen MR) is 71.4 cm³/mol. The number of amides is 1. The zero-order valence-electron chi connectivity index (χ0n) is 10.7. The molecule has 2 aromatic rings. The van der Waals surface area contributed by atoms with Gasteiger partial charge in [0.1, 0.15) is 5.58 Å². The van der Waals surface area contributed by atoms with Crippen LogP contribution >= 0.6 is 0 Å². The normalized spacial score (nSPS) is 14.4. The van der Waals surface area contributed by atoms with Gasteiger partial charge in [-0.1, -0.05) is 25.1 Å². The highest BCUT2D eigenvalue weighted by molar-refractivity contribution is 5.96. The van der Waals surface area contributed by atoms with Gasteiger partial charge in [-0.2, -0.15) is 0 Å². The molecule has 2 rings (SSSR count). The highest BCUT2D eigenvalue weighted by atomic mass is 16.3. The molecule has 4 nitrogen and oxygen atoms in total. The molecule has 1 aromatic heterocycles. The summed E-state index contributed by atoms with van der Waals surface area (Å²) >= 11 is 0.